The van der Waals surface area contributed by atoms with Gasteiger partial charge in [-0.15, -0.1) is 0 Å². The van der Waals surface area contributed by atoms with Crippen molar-refractivity contribution in [3.8, 4) is 11.4 Å². The molecule has 0 bridgehead atoms. The van der Waals surface area contributed by atoms with Crippen molar-refractivity contribution in [2.75, 3.05) is 6.54 Å². The quantitative estimate of drug-likeness (QED) is 0.732. The average molecular weight is 410 g/mol. The Morgan fingerprint density at radius 3 is 2.52 bits per heavy atom. The topological polar surface area (TPSA) is 60.2 Å². The molecule has 1 amide bonds. The van der Waals surface area contributed by atoms with Gasteiger partial charge in [0.1, 0.15) is 11.3 Å². The molecule has 1 aliphatic rings. The van der Waals surface area contributed by atoms with Crippen LogP contribution in [0.2, 0.25) is 0 Å². The lowest BCUT2D eigenvalue weighted by Gasteiger charge is -2.36. The van der Waals surface area contributed by atoms with Gasteiger partial charge in [0.05, 0.1) is 23.3 Å². The standard InChI is InChI=1S/C20H25F3N4O2/c1-18(2,3)29-17(28)27-10-5-9-19(27,4)13-26-11-8-16(25-26)15-7-6-14(12-24-15)20(21,22)23/h6-8,11-12H,5,9-10,13H2,1-4H3/t19-/m0/s1. The van der Waals surface area contributed by atoms with E-state index >= 15 is 0 Å². The van der Waals surface area contributed by atoms with Crippen molar-refractivity contribution in [2.45, 2.75) is 64.4 Å². The van der Waals surface area contributed by atoms with Crippen LogP contribution in [0.4, 0.5) is 18.0 Å². The van der Waals surface area contributed by atoms with E-state index in [0.29, 0.717) is 24.5 Å². The van der Waals surface area contributed by atoms with E-state index in [0.717, 1.165) is 25.1 Å². The van der Waals surface area contributed by atoms with Crippen LogP contribution in [0.3, 0.4) is 0 Å². The van der Waals surface area contributed by atoms with Crippen LogP contribution in [0.5, 0.6) is 0 Å². The first-order valence-corrected chi connectivity index (χ1v) is 9.45. The predicted molar refractivity (Wildman–Crippen MR) is 101 cm³/mol. The van der Waals surface area contributed by atoms with E-state index in [2.05, 4.69) is 10.1 Å². The summed E-state index contributed by atoms with van der Waals surface area (Å²) in [5.41, 5.74) is -0.999. The molecule has 1 fully saturated rings. The van der Waals surface area contributed by atoms with E-state index in [9.17, 15) is 18.0 Å². The molecule has 1 saturated heterocycles. The van der Waals surface area contributed by atoms with Gasteiger partial charge in [0.2, 0.25) is 0 Å². The first-order chi connectivity index (χ1) is 13.4. The minimum atomic E-state index is -4.42. The van der Waals surface area contributed by atoms with Crippen molar-refractivity contribution < 1.29 is 22.7 Å². The van der Waals surface area contributed by atoms with Crippen LogP contribution in [0.15, 0.2) is 30.6 Å². The Bertz CT molecular complexity index is 871. The molecule has 0 unspecified atom stereocenters. The highest BCUT2D eigenvalue weighted by Crippen LogP contribution is 2.33. The van der Waals surface area contributed by atoms with Gasteiger partial charge >= 0.3 is 12.3 Å². The predicted octanol–water partition coefficient (Wildman–Crippen LogP) is 4.75. The zero-order valence-electron chi connectivity index (χ0n) is 17.0. The zero-order valence-corrected chi connectivity index (χ0v) is 17.0. The molecular weight excluding hydrogens is 385 g/mol. The van der Waals surface area contributed by atoms with Crippen LogP contribution in [-0.4, -0.2) is 43.4 Å². The Labute approximate surface area is 167 Å². The number of ether oxygens (including phenoxy) is 1. The molecule has 9 heteroatoms. The maximum Gasteiger partial charge on any atom is 0.417 e. The molecule has 29 heavy (non-hydrogen) atoms. The highest BCUT2D eigenvalue weighted by Gasteiger charge is 2.42. The third-order valence-electron chi connectivity index (χ3n) is 4.86. The third-order valence-corrected chi connectivity index (χ3v) is 4.86. The Kier molecular flexibility index (Phi) is 5.36. The third kappa shape index (κ3) is 4.89. The van der Waals surface area contributed by atoms with Gasteiger partial charge in [0.25, 0.3) is 0 Å². The van der Waals surface area contributed by atoms with Crippen LogP contribution >= 0.6 is 0 Å². The summed E-state index contributed by atoms with van der Waals surface area (Å²) in [5.74, 6) is 0. The summed E-state index contributed by atoms with van der Waals surface area (Å²) < 4.78 is 45.3. The van der Waals surface area contributed by atoms with E-state index in [1.165, 1.54) is 6.07 Å². The number of pyridine rings is 1. The second-order valence-corrected chi connectivity index (χ2v) is 8.56. The summed E-state index contributed by atoms with van der Waals surface area (Å²) in [7, 11) is 0. The van der Waals surface area contributed by atoms with Crippen LogP contribution in [0, 0.1) is 0 Å². The van der Waals surface area contributed by atoms with Crippen LogP contribution < -0.4 is 0 Å². The number of amides is 1. The molecule has 0 spiro atoms. The maximum atomic E-state index is 12.7. The molecule has 0 radical (unpaired) electrons. The van der Waals surface area contributed by atoms with E-state index in [1.807, 2.05) is 27.7 Å². The summed E-state index contributed by atoms with van der Waals surface area (Å²) >= 11 is 0. The summed E-state index contributed by atoms with van der Waals surface area (Å²) in [5, 5.41) is 4.44. The fourth-order valence-electron chi connectivity index (χ4n) is 3.46. The molecule has 6 nitrogen and oxygen atoms in total. The van der Waals surface area contributed by atoms with Gasteiger partial charge in [0, 0.05) is 18.9 Å². The lowest BCUT2D eigenvalue weighted by Crippen LogP contribution is -2.49. The van der Waals surface area contributed by atoms with Crippen LogP contribution in [-0.2, 0) is 17.5 Å². The molecule has 3 heterocycles. The van der Waals surface area contributed by atoms with Crippen LogP contribution in [0.1, 0.15) is 46.1 Å². The number of hydrogen-bond donors (Lipinski definition) is 0. The summed E-state index contributed by atoms with van der Waals surface area (Å²) in [4.78, 5) is 18.2. The molecule has 158 valence electrons. The number of likely N-dealkylation sites (tertiary alicyclic amines) is 1. The van der Waals surface area contributed by atoms with Crippen LogP contribution in [0.25, 0.3) is 11.4 Å². The number of rotatable bonds is 3. The molecule has 0 aliphatic carbocycles. The minimum absolute atomic E-state index is 0.353. The Morgan fingerprint density at radius 2 is 1.93 bits per heavy atom. The number of hydrogen-bond acceptors (Lipinski definition) is 4. The van der Waals surface area contributed by atoms with E-state index in [1.54, 1.807) is 21.8 Å². The normalized spacial score (nSPS) is 20.2. The second-order valence-electron chi connectivity index (χ2n) is 8.56. The fraction of sp³-hybridized carbons (Fsp3) is 0.550. The maximum absolute atomic E-state index is 12.7. The van der Waals surface area contributed by atoms with Gasteiger partial charge in [0.15, 0.2) is 0 Å². The highest BCUT2D eigenvalue weighted by atomic mass is 19.4. The molecule has 0 saturated carbocycles. The van der Waals surface area contributed by atoms with Crippen molar-refractivity contribution >= 4 is 6.09 Å². The number of nitrogens with zero attached hydrogens (tertiary/aromatic N) is 4. The zero-order chi connectivity index (χ0) is 21.4. The van der Waals surface area contributed by atoms with Gasteiger partial charge in [-0.1, -0.05) is 0 Å². The average Bonchev–Trinajstić information content (AvgIpc) is 3.19. The summed E-state index contributed by atoms with van der Waals surface area (Å²) in [6, 6.07) is 4.00. The monoisotopic (exact) mass is 410 g/mol. The number of alkyl halides is 3. The first-order valence-electron chi connectivity index (χ1n) is 9.45. The smallest absolute Gasteiger partial charge is 0.417 e. The number of halogens is 3. The minimum Gasteiger partial charge on any atom is -0.444 e. The molecule has 0 aromatic carbocycles. The molecular formula is C20H25F3N4O2. The molecule has 0 N–H and O–H groups in total. The Morgan fingerprint density at radius 1 is 1.21 bits per heavy atom. The van der Waals surface area contributed by atoms with Gasteiger partial charge in [-0.2, -0.15) is 18.3 Å². The first kappa shape index (κ1) is 21.1. The van der Waals surface area contributed by atoms with Crippen molar-refractivity contribution in [2.24, 2.45) is 0 Å². The SMILES string of the molecule is CC(C)(C)OC(=O)N1CCC[C@@]1(C)Cn1ccc(-c2ccc(C(F)(F)F)cn2)n1. The number of aromatic nitrogens is 3. The van der Waals surface area contributed by atoms with Gasteiger partial charge in [-0.25, -0.2) is 4.79 Å². The molecule has 2 aromatic heterocycles. The fourth-order valence-corrected chi connectivity index (χ4v) is 3.46. The number of carbonyl (C=O) groups is 1. The summed E-state index contributed by atoms with van der Waals surface area (Å²) in [6.07, 6.45) is -0.561. The second kappa shape index (κ2) is 7.35. The van der Waals surface area contributed by atoms with E-state index in [-0.39, 0.29) is 6.09 Å². The van der Waals surface area contributed by atoms with Crippen molar-refractivity contribution in [3.63, 3.8) is 0 Å². The largest absolute Gasteiger partial charge is 0.444 e. The van der Waals surface area contributed by atoms with Crippen molar-refractivity contribution in [1.29, 1.82) is 0 Å². The lowest BCUT2D eigenvalue weighted by molar-refractivity contribution is -0.137. The Hall–Kier alpha value is -2.58. The lowest BCUT2D eigenvalue weighted by atomic mass is 9.99. The van der Waals surface area contributed by atoms with E-state index in [4.69, 9.17) is 4.74 Å². The summed E-state index contributed by atoms with van der Waals surface area (Å²) in [6.45, 7) is 8.54. The molecule has 2 aromatic rings. The number of carbonyl (C=O) groups excluding carboxylic acids is 1. The molecule has 1 atom stereocenters. The van der Waals surface area contributed by atoms with Gasteiger partial charge in [-0.3, -0.25) is 9.67 Å². The molecule has 1 aliphatic heterocycles. The van der Waals surface area contributed by atoms with Crippen molar-refractivity contribution in [3.05, 3.63) is 36.2 Å². The Balaban J connectivity index is 1.74. The van der Waals surface area contributed by atoms with Crippen molar-refractivity contribution in [1.82, 2.24) is 19.7 Å². The van der Waals surface area contributed by atoms with Gasteiger partial charge < -0.3 is 9.64 Å². The van der Waals surface area contributed by atoms with E-state index < -0.39 is 22.9 Å². The molecule has 3 rings (SSSR count). The van der Waals surface area contributed by atoms with Gasteiger partial charge in [-0.05, 0) is 58.7 Å². The highest BCUT2D eigenvalue weighted by molar-refractivity contribution is 5.69.